The van der Waals surface area contributed by atoms with E-state index in [1.54, 1.807) is 0 Å². The summed E-state index contributed by atoms with van der Waals surface area (Å²) >= 11 is 3.75. The molecule has 17 aromatic carbocycles. The third kappa shape index (κ3) is 10.5. The Kier molecular flexibility index (Phi) is 15.3. The van der Waals surface area contributed by atoms with E-state index in [1.165, 1.54) is 91.9 Å². The number of rotatable bonds is 10. The van der Waals surface area contributed by atoms with Crippen molar-refractivity contribution in [2.45, 2.75) is 30.4 Å². The molecule has 4 aliphatic rings. The molecule has 2 spiro atoms. The SMILES string of the molecule is c1ccc(-c2nc(-c3ccc(-c4ccc5c(c4)C4(c6ccccc6S5)c5ccccc5-c5ccc(-c6cccc(-c7ccc(-c8cc(-c9ccc(-c%10ccc%11c(c%10)C%10(c%12ccccc%12S%11)c%11ccccc%11-c%11ccccc%11%10)cc9)nc(-c9ccccc9)n8)c8ccccc78)c6)cc54)cc3)cc(-c3ccc4c(c3)oc3ccccc34)n2)cc1. The van der Waals surface area contributed by atoms with E-state index in [0.717, 1.165) is 128 Å². The zero-order chi connectivity index (χ0) is 76.9. The first-order chi connectivity index (χ1) is 57.9. The molecule has 20 aromatic rings. The minimum atomic E-state index is -0.628. The summed E-state index contributed by atoms with van der Waals surface area (Å²) in [6.07, 6.45) is 0. The van der Waals surface area contributed by atoms with Crippen LogP contribution in [-0.2, 0) is 10.8 Å². The summed E-state index contributed by atoms with van der Waals surface area (Å²) in [7, 11) is 0. The van der Waals surface area contributed by atoms with Gasteiger partial charge in [0.15, 0.2) is 11.6 Å². The summed E-state index contributed by atoms with van der Waals surface area (Å²) in [5.74, 6) is 1.34. The molecule has 5 nitrogen and oxygen atoms in total. The van der Waals surface area contributed by atoms with Gasteiger partial charge < -0.3 is 4.42 Å². The van der Waals surface area contributed by atoms with E-state index in [0.29, 0.717) is 11.6 Å². The van der Waals surface area contributed by atoms with Crippen molar-refractivity contribution in [1.82, 2.24) is 19.9 Å². The van der Waals surface area contributed by atoms with Gasteiger partial charge in [0.2, 0.25) is 0 Å². The van der Waals surface area contributed by atoms with Crippen molar-refractivity contribution in [1.29, 1.82) is 0 Å². The zero-order valence-electron chi connectivity index (χ0n) is 63.1. The van der Waals surface area contributed by atoms with E-state index in [2.05, 4.69) is 364 Å². The maximum Gasteiger partial charge on any atom is 0.160 e. The van der Waals surface area contributed by atoms with Crippen LogP contribution < -0.4 is 0 Å². The Balaban J connectivity index is 0.573. The number of aromatic nitrogens is 4. The highest BCUT2D eigenvalue weighted by Gasteiger charge is 2.52. The molecule has 0 saturated carbocycles. The van der Waals surface area contributed by atoms with Crippen LogP contribution in [0.4, 0.5) is 0 Å². The minimum Gasteiger partial charge on any atom is -0.456 e. The van der Waals surface area contributed by atoms with Crippen LogP contribution in [0.15, 0.2) is 424 Å². The van der Waals surface area contributed by atoms with Gasteiger partial charge in [-0.25, -0.2) is 19.9 Å². The Morgan fingerprint density at radius 1 is 0.179 bits per heavy atom. The molecule has 3 aromatic heterocycles. The van der Waals surface area contributed by atoms with Gasteiger partial charge in [-0.2, -0.15) is 0 Å². The van der Waals surface area contributed by atoms with E-state index in [1.807, 2.05) is 59.9 Å². The molecule has 1 atom stereocenters. The Hall–Kier alpha value is -14.3. The molecule has 2 aliphatic carbocycles. The van der Waals surface area contributed by atoms with E-state index < -0.39 is 10.8 Å². The number of hydrogen-bond acceptors (Lipinski definition) is 7. The fourth-order valence-electron chi connectivity index (χ4n) is 19.4. The fraction of sp³-hybridized carbons (Fsp3) is 0.0182. The quantitative estimate of drug-likeness (QED) is 0.135. The number of nitrogens with zero attached hydrogens (tertiary/aromatic N) is 4. The molecule has 117 heavy (non-hydrogen) atoms. The van der Waals surface area contributed by atoms with Crippen molar-refractivity contribution >= 4 is 56.2 Å². The molecule has 24 rings (SSSR count). The Morgan fingerprint density at radius 3 is 1.12 bits per heavy atom. The lowest BCUT2D eigenvalue weighted by Crippen LogP contribution is -2.32. The van der Waals surface area contributed by atoms with Gasteiger partial charge in [0.05, 0.1) is 33.6 Å². The molecule has 0 amide bonds. The monoisotopic (exact) mass is 1520 g/mol. The Morgan fingerprint density at radius 2 is 0.538 bits per heavy atom. The van der Waals surface area contributed by atoms with Crippen LogP contribution >= 0.6 is 23.5 Å². The van der Waals surface area contributed by atoms with E-state index in [4.69, 9.17) is 24.4 Å². The first kappa shape index (κ1) is 67.2. The number of benzene rings is 17. The highest BCUT2D eigenvalue weighted by molar-refractivity contribution is 7.99. The predicted octanol–water partition coefficient (Wildman–Crippen LogP) is 28.6. The summed E-state index contributed by atoms with van der Waals surface area (Å²) in [5.41, 5.74) is 34.7. The van der Waals surface area contributed by atoms with Crippen LogP contribution in [0.2, 0.25) is 0 Å². The molecule has 7 heteroatoms. The second kappa shape index (κ2) is 26.6. The third-order valence-electron chi connectivity index (χ3n) is 24.7. The van der Waals surface area contributed by atoms with Gasteiger partial charge in [0.1, 0.15) is 11.2 Å². The third-order valence-corrected chi connectivity index (χ3v) is 27.0. The van der Waals surface area contributed by atoms with Crippen LogP contribution in [0.1, 0.15) is 44.5 Å². The average Bonchev–Trinajstić information content (AvgIpc) is 1.54. The van der Waals surface area contributed by atoms with E-state index in [9.17, 15) is 0 Å². The summed E-state index contributed by atoms with van der Waals surface area (Å²) in [4.78, 5) is 26.4. The van der Waals surface area contributed by atoms with E-state index in [-0.39, 0.29) is 0 Å². The highest BCUT2D eigenvalue weighted by Crippen LogP contribution is 2.65. The standard InChI is InChI=1S/C110H66N4OS2/c1-3-22-71(23-4-1)107-111-97(65-99(113-107)78-51-55-88-87-33-12-18-39-101(87)115-102(88)64-78)69-46-42-68(43-47-69)75-53-59-106-96(63-75)110(93-38-17-20-41-104(93)117-106)91-36-15-11-32-84(91)85-54-50-76(61-94(85)110)73-26-21-27-77(60-73)79-56-57-86(81-29-8-7-28-80(79)81)100-66-98(112-108(114-100)72-24-5-2-6-25-72)70-48-44-67(45-49-70)74-52-58-105-95(62-74)109(92-37-16-19-40-103(92)116-105)89-34-13-9-30-82(89)83-31-10-14-35-90(83)109/h1-66H. The van der Waals surface area contributed by atoms with Crippen molar-refractivity contribution < 1.29 is 4.42 Å². The lowest BCUT2D eigenvalue weighted by molar-refractivity contribution is 0.669. The van der Waals surface area contributed by atoms with E-state index >= 15 is 0 Å². The molecule has 5 heterocycles. The van der Waals surface area contributed by atoms with Gasteiger partial charge in [-0.05, 0) is 201 Å². The Labute approximate surface area is 685 Å². The number of hydrogen-bond donors (Lipinski definition) is 0. The van der Waals surface area contributed by atoms with Crippen molar-refractivity contribution in [3.8, 4) is 135 Å². The molecule has 0 bridgehead atoms. The summed E-state index contributed by atoms with van der Waals surface area (Å²) in [5, 5.41) is 4.44. The van der Waals surface area contributed by atoms with Crippen LogP contribution in [0.25, 0.3) is 167 Å². The second-order valence-corrected chi connectivity index (χ2v) is 33.1. The maximum atomic E-state index is 6.39. The molecule has 0 saturated heterocycles. The topological polar surface area (TPSA) is 64.7 Å². The van der Waals surface area contributed by atoms with Crippen LogP contribution in [0.3, 0.4) is 0 Å². The van der Waals surface area contributed by atoms with Crippen molar-refractivity contribution in [3.05, 3.63) is 445 Å². The molecule has 0 N–H and O–H groups in total. The molecule has 0 radical (unpaired) electrons. The van der Waals surface area contributed by atoms with Gasteiger partial charge in [0.25, 0.3) is 0 Å². The predicted molar refractivity (Wildman–Crippen MR) is 480 cm³/mol. The average molecular weight is 1520 g/mol. The molecular formula is C110H66N4OS2. The fourth-order valence-corrected chi connectivity index (χ4v) is 21.7. The molecule has 2 aliphatic heterocycles. The van der Waals surface area contributed by atoms with Gasteiger partial charge in [-0.1, -0.05) is 345 Å². The van der Waals surface area contributed by atoms with Crippen molar-refractivity contribution in [2.75, 3.05) is 0 Å². The van der Waals surface area contributed by atoms with Crippen LogP contribution in [-0.4, -0.2) is 19.9 Å². The second-order valence-electron chi connectivity index (χ2n) is 30.9. The van der Waals surface area contributed by atoms with Gasteiger partial charge in [-0.15, -0.1) is 0 Å². The maximum absolute atomic E-state index is 6.39. The number of fused-ring (bicyclic) bond motifs is 22. The smallest absolute Gasteiger partial charge is 0.160 e. The lowest BCUT2D eigenvalue weighted by atomic mass is 9.66. The lowest BCUT2D eigenvalue weighted by Gasteiger charge is -2.40. The normalized spacial score (nSPS) is 14.2. The summed E-state index contributed by atoms with van der Waals surface area (Å²) < 4.78 is 6.39. The largest absolute Gasteiger partial charge is 0.456 e. The highest BCUT2D eigenvalue weighted by atomic mass is 32.2. The van der Waals surface area contributed by atoms with Crippen molar-refractivity contribution in [2.24, 2.45) is 0 Å². The zero-order valence-corrected chi connectivity index (χ0v) is 64.8. The molecule has 1 unspecified atom stereocenters. The Bertz CT molecular complexity index is 7470. The van der Waals surface area contributed by atoms with Gasteiger partial charge >= 0.3 is 0 Å². The first-order valence-corrected chi connectivity index (χ1v) is 41.5. The van der Waals surface area contributed by atoms with Crippen LogP contribution in [0.5, 0.6) is 0 Å². The van der Waals surface area contributed by atoms with Gasteiger partial charge in [-0.3, -0.25) is 0 Å². The minimum absolute atomic E-state index is 0.456. The van der Waals surface area contributed by atoms with Gasteiger partial charge in [0, 0.05) is 63.7 Å². The number of para-hydroxylation sites is 1. The first-order valence-electron chi connectivity index (χ1n) is 39.9. The number of furan rings is 1. The van der Waals surface area contributed by atoms with Crippen LogP contribution in [0, 0.1) is 0 Å². The molecular weight excluding hydrogens is 1460 g/mol. The molecule has 0 fully saturated rings. The molecule has 544 valence electrons. The van der Waals surface area contributed by atoms with Crippen molar-refractivity contribution in [3.63, 3.8) is 0 Å². The summed E-state index contributed by atoms with van der Waals surface area (Å²) in [6.45, 7) is 0. The summed E-state index contributed by atoms with van der Waals surface area (Å²) in [6, 6.07) is 147.